The molecule has 5 nitrogen and oxygen atoms in total. The van der Waals surface area contributed by atoms with E-state index in [1.165, 1.54) is 0 Å². The molecule has 2 aliphatic rings. The minimum atomic E-state index is -0.743. The van der Waals surface area contributed by atoms with Crippen LogP contribution in [-0.2, 0) is 17.6 Å². The normalized spacial score (nSPS) is 18.2. The molecule has 2 saturated heterocycles. The van der Waals surface area contributed by atoms with E-state index in [2.05, 4.69) is 41.0 Å². The summed E-state index contributed by atoms with van der Waals surface area (Å²) in [6, 6.07) is 34.4. The number of fused-ring (bicyclic) bond motifs is 1. The standard InChI is InChI=1S/C32H31N3O2/c36-29(28-16-15-26-13-7-8-14-27(26)21-28)35-19-17-32(18-20-35)33-30(37)31(34-32,22-24-9-3-1-4-10-24)23-25-11-5-2-6-12-25/h1-16,21,34H,17-20,22-23H2,(H,33,37). The first-order chi connectivity index (χ1) is 18.0. The first kappa shape index (κ1) is 23.4. The first-order valence-corrected chi connectivity index (χ1v) is 13.0. The fourth-order valence-corrected chi connectivity index (χ4v) is 5.93. The van der Waals surface area contributed by atoms with Crippen molar-refractivity contribution in [3.8, 4) is 0 Å². The van der Waals surface area contributed by atoms with Crippen molar-refractivity contribution in [2.75, 3.05) is 13.1 Å². The molecule has 0 aliphatic carbocycles. The number of nitrogens with zero attached hydrogens (tertiary/aromatic N) is 1. The quantitative estimate of drug-likeness (QED) is 0.427. The molecule has 0 atom stereocenters. The van der Waals surface area contributed by atoms with E-state index in [0.717, 1.165) is 21.9 Å². The second kappa shape index (κ2) is 9.49. The third-order valence-corrected chi connectivity index (χ3v) is 7.86. The van der Waals surface area contributed by atoms with Crippen LogP contribution < -0.4 is 10.6 Å². The first-order valence-electron chi connectivity index (χ1n) is 13.0. The highest BCUT2D eigenvalue weighted by Crippen LogP contribution is 2.33. The van der Waals surface area contributed by atoms with Gasteiger partial charge in [-0.25, -0.2) is 0 Å². The lowest BCUT2D eigenvalue weighted by Gasteiger charge is -2.41. The Kier molecular flexibility index (Phi) is 6.01. The smallest absolute Gasteiger partial charge is 0.253 e. The van der Waals surface area contributed by atoms with Crippen LogP contribution in [0.1, 0.15) is 34.3 Å². The lowest BCUT2D eigenvalue weighted by atomic mass is 9.84. The van der Waals surface area contributed by atoms with E-state index in [4.69, 9.17) is 0 Å². The molecule has 1 spiro atoms. The Morgan fingerprint density at radius 2 is 1.30 bits per heavy atom. The molecule has 0 unspecified atom stereocenters. The highest BCUT2D eigenvalue weighted by Gasteiger charge is 2.54. The van der Waals surface area contributed by atoms with Crippen molar-refractivity contribution in [3.05, 3.63) is 120 Å². The highest BCUT2D eigenvalue weighted by molar-refractivity contribution is 5.98. The molecule has 0 radical (unpaired) electrons. The zero-order valence-electron chi connectivity index (χ0n) is 20.8. The van der Waals surface area contributed by atoms with E-state index in [1.807, 2.05) is 77.7 Å². The van der Waals surface area contributed by atoms with E-state index < -0.39 is 11.2 Å². The van der Waals surface area contributed by atoms with Gasteiger partial charge in [-0.2, -0.15) is 0 Å². The summed E-state index contributed by atoms with van der Waals surface area (Å²) in [4.78, 5) is 28.9. The number of carbonyl (C=O) groups is 2. The predicted octanol–water partition coefficient (Wildman–Crippen LogP) is 4.72. The van der Waals surface area contributed by atoms with Crippen LogP contribution in [0.4, 0.5) is 0 Å². The Hall–Kier alpha value is -3.96. The second-order valence-corrected chi connectivity index (χ2v) is 10.4. The molecule has 6 rings (SSSR count). The van der Waals surface area contributed by atoms with Crippen LogP contribution in [0.5, 0.6) is 0 Å². The molecular weight excluding hydrogens is 458 g/mol. The van der Waals surface area contributed by atoms with Crippen molar-refractivity contribution < 1.29 is 9.59 Å². The monoisotopic (exact) mass is 489 g/mol. The third kappa shape index (κ3) is 4.63. The summed E-state index contributed by atoms with van der Waals surface area (Å²) in [5.74, 6) is 0.0827. The third-order valence-electron chi connectivity index (χ3n) is 7.86. The van der Waals surface area contributed by atoms with Crippen molar-refractivity contribution in [1.82, 2.24) is 15.5 Å². The van der Waals surface area contributed by atoms with Gasteiger partial charge in [-0.3, -0.25) is 14.9 Å². The molecule has 2 heterocycles. The molecule has 0 saturated carbocycles. The number of hydrogen-bond donors (Lipinski definition) is 2. The molecule has 2 amide bonds. The van der Waals surface area contributed by atoms with Crippen LogP contribution >= 0.6 is 0 Å². The van der Waals surface area contributed by atoms with Gasteiger partial charge >= 0.3 is 0 Å². The van der Waals surface area contributed by atoms with Gasteiger partial charge in [0.2, 0.25) is 5.91 Å². The molecule has 2 fully saturated rings. The summed E-state index contributed by atoms with van der Waals surface area (Å²) < 4.78 is 0. The lowest BCUT2D eigenvalue weighted by Crippen LogP contribution is -2.60. The minimum absolute atomic E-state index is 0.0366. The summed E-state index contributed by atoms with van der Waals surface area (Å²) in [6.45, 7) is 1.18. The Balaban J connectivity index is 1.21. The van der Waals surface area contributed by atoms with Crippen molar-refractivity contribution >= 4 is 22.6 Å². The second-order valence-electron chi connectivity index (χ2n) is 10.4. The Morgan fingerprint density at radius 3 is 1.92 bits per heavy atom. The predicted molar refractivity (Wildman–Crippen MR) is 146 cm³/mol. The summed E-state index contributed by atoms with van der Waals surface area (Å²) in [7, 11) is 0. The Bertz CT molecular complexity index is 1380. The van der Waals surface area contributed by atoms with Crippen LogP contribution in [0, 0.1) is 0 Å². The number of piperidine rings is 1. The average molecular weight is 490 g/mol. The number of hydrogen-bond acceptors (Lipinski definition) is 3. The molecule has 5 heteroatoms. The summed E-state index contributed by atoms with van der Waals surface area (Å²) in [5, 5.41) is 9.32. The van der Waals surface area contributed by atoms with Crippen LogP contribution in [-0.4, -0.2) is 41.0 Å². The maximum Gasteiger partial charge on any atom is 0.253 e. The van der Waals surface area contributed by atoms with E-state index in [0.29, 0.717) is 44.3 Å². The maximum atomic E-state index is 13.7. The van der Waals surface area contributed by atoms with Gasteiger partial charge in [-0.05, 0) is 46.9 Å². The van der Waals surface area contributed by atoms with Crippen LogP contribution in [0.25, 0.3) is 10.8 Å². The van der Waals surface area contributed by atoms with Crippen molar-refractivity contribution in [2.24, 2.45) is 0 Å². The van der Waals surface area contributed by atoms with Gasteiger partial charge in [0.25, 0.3) is 5.91 Å². The highest BCUT2D eigenvalue weighted by atomic mass is 16.2. The SMILES string of the molecule is O=C(c1ccc2ccccc2c1)N1CCC2(CC1)NC(=O)C(Cc1ccccc1)(Cc1ccccc1)N2. The molecular formula is C32H31N3O2. The van der Waals surface area contributed by atoms with Crippen molar-refractivity contribution in [2.45, 2.75) is 36.9 Å². The van der Waals surface area contributed by atoms with Crippen molar-refractivity contribution in [3.63, 3.8) is 0 Å². The zero-order valence-corrected chi connectivity index (χ0v) is 20.8. The number of benzene rings is 4. The van der Waals surface area contributed by atoms with E-state index >= 15 is 0 Å². The molecule has 4 aromatic carbocycles. The molecule has 186 valence electrons. The Morgan fingerprint density at radius 1 is 0.730 bits per heavy atom. The van der Waals surface area contributed by atoms with Crippen molar-refractivity contribution in [1.29, 1.82) is 0 Å². The molecule has 37 heavy (non-hydrogen) atoms. The number of likely N-dealkylation sites (tertiary alicyclic amines) is 1. The lowest BCUT2D eigenvalue weighted by molar-refractivity contribution is -0.124. The summed E-state index contributed by atoms with van der Waals surface area (Å²) in [6.07, 6.45) is 2.55. The maximum absolute atomic E-state index is 13.7. The molecule has 2 N–H and O–H groups in total. The Labute approximate surface area is 217 Å². The molecule has 2 aliphatic heterocycles. The van der Waals surface area contributed by atoms with Gasteiger partial charge < -0.3 is 10.2 Å². The number of carbonyl (C=O) groups excluding carboxylic acids is 2. The largest absolute Gasteiger partial charge is 0.338 e. The molecule has 0 aromatic heterocycles. The van der Waals surface area contributed by atoms with Gasteiger partial charge in [0.15, 0.2) is 0 Å². The van der Waals surface area contributed by atoms with E-state index in [1.54, 1.807) is 0 Å². The minimum Gasteiger partial charge on any atom is -0.338 e. The van der Waals surface area contributed by atoms with Gasteiger partial charge in [-0.1, -0.05) is 91.0 Å². The van der Waals surface area contributed by atoms with Crippen LogP contribution in [0.15, 0.2) is 103 Å². The van der Waals surface area contributed by atoms with Gasteiger partial charge in [0.05, 0.1) is 5.66 Å². The molecule has 0 bridgehead atoms. The fourth-order valence-electron chi connectivity index (χ4n) is 5.93. The number of nitrogens with one attached hydrogen (secondary N) is 2. The van der Waals surface area contributed by atoms with E-state index in [9.17, 15) is 9.59 Å². The molecule has 4 aromatic rings. The topological polar surface area (TPSA) is 61.4 Å². The number of amides is 2. The van der Waals surface area contributed by atoms with E-state index in [-0.39, 0.29) is 11.8 Å². The average Bonchev–Trinajstić information content (AvgIpc) is 3.19. The van der Waals surface area contributed by atoms with Crippen LogP contribution in [0.2, 0.25) is 0 Å². The summed E-state index contributed by atoms with van der Waals surface area (Å²) in [5.41, 5.74) is 1.71. The number of rotatable bonds is 5. The summed E-state index contributed by atoms with van der Waals surface area (Å²) >= 11 is 0. The van der Waals surface area contributed by atoms with Gasteiger partial charge in [-0.15, -0.1) is 0 Å². The van der Waals surface area contributed by atoms with Gasteiger partial charge in [0.1, 0.15) is 5.54 Å². The van der Waals surface area contributed by atoms with Gasteiger partial charge in [0, 0.05) is 31.5 Å². The fraction of sp³-hybridized carbons (Fsp3) is 0.250. The zero-order chi connectivity index (χ0) is 25.3. The van der Waals surface area contributed by atoms with Crippen LogP contribution in [0.3, 0.4) is 0 Å².